The van der Waals surface area contributed by atoms with Crippen molar-refractivity contribution in [2.75, 3.05) is 0 Å². The second kappa shape index (κ2) is 16.7. The van der Waals surface area contributed by atoms with Crippen molar-refractivity contribution in [3.05, 3.63) is 215 Å². The minimum Gasteiger partial charge on any atom is -0.380 e. The number of aliphatic hydroxyl groups excluding tert-OH is 1. The summed E-state index contributed by atoms with van der Waals surface area (Å²) in [4.78, 5) is 35.6. The second-order valence-corrected chi connectivity index (χ2v) is 9.67. The summed E-state index contributed by atoms with van der Waals surface area (Å²) < 4.78 is 0. The Morgan fingerprint density at radius 2 is 0.568 bits per heavy atom. The van der Waals surface area contributed by atoms with Crippen molar-refractivity contribution in [3.8, 4) is 0 Å². The van der Waals surface area contributed by atoms with Gasteiger partial charge in [0, 0.05) is 27.8 Å². The lowest BCUT2D eigenvalue weighted by atomic mass is 10.0. The highest BCUT2D eigenvalue weighted by molar-refractivity contribution is 6.09. The maximum Gasteiger partial charge on any atom is 0.195 e. The molecule has 0 aliphatic rings. The van der Waals surface area contributed by atoms with Gasteiger partial charge in [-0.3, -0.25) is 14.4 Å². The summed E-state index contributed by atoms with van der Waals surface area (Å²) in [5, 5.41) is 9.89. The van der Waals surface area contributed by atoms with Crippen LogP contribution in [-0.4, -0.2) is 22.5 Å². The Morgan fingerprint density at radius 3 is 0.841 bits per heavy atom. The number of carbonyl (C=O) groups is 3. The Kier molecular flexibility index (Phi) is 11.8. The second-order valence-electron chi connectivity index (χ2n) is 9.67. The van der Waals surface area contributed by atoms with Crippen molar-refractivity contribution >= 4 is 17.3 Å². The molecular weight excluding hydrogens is 544 g/mol. The highest BCUT2D eigenvalue weighted by Crippen LogP contribution is 2.17. The van der Waals surface area contributed by atoms with Crippen LogP contribution in [0.4, 0.5) is 0 Å². The number of hydrogen-bond acceptors (Lipinski definition) is 4. The molecule has 6 rings (SSSR count). The third kappa shape index (κ3) is 9.15. The van der Waals surface area contributed by atoms with Crippen LogP contribution < -0.4 is 0 Å². The van der Waals surface area contributed by atoms with E-state index in [1.54, 1.807) is 48.5 Å². The van der Waals surface area contributed by atoms with Crippen LogP contribution in [0.5, 0.6) is 0 Å². The average molecular weight is 577 g/mol. The van der Waals surface area contributed by atoms with Gasteiger partial charge in [0.25, 0.3) is 0 Å². The van der Waals surface area contributed by atoms with Crippen LogP contribution in [0.3, 0.4) is 0 Å². The standard InChI is InChI=1S/C14H12O2.2C13H10O/c15-13(11-7-3-1-4-8-11)14(16)12-9-5-2-6-10-12;2*14-13(11-7-3-1-4-8-11)12-9-5-2-6-10-12/h1-10,13,15H;2*1-10H. The van der Waals surface area contributed by atoms with Crippen LogP contribution in [0.25, 0.3) is 0 Å². The molecule has 0 radical (unpaired) electrons. The first-order valence-electron chi connectivity index (χ1n) is 14.2. The fourth-order valence-corrected chi connectivity index (χ4v) is 4.24. The van der Waals surface area contributed by atoms with Gasteiger partial charge in [-0.2, -0.15) is 0 Å². The highest BCUT2D eigenvalue weighted by atomic mass is 16.3. The van der Waals surface area contributed by atoms with E-state index >= 15 is 0 Å². The summed E-state index contributed by atoms with van der Waals surface area (Å²) in [5.74, 6) is -0.121. The van der Waals surface area contributed by atoms with E-state index in [2.05, 4.69) is 0 Å². The Morgan fingerprint density at radius 1 is 0.341 bits per heavy atom. The Balaban J connectivity index is 0.000000151. The molecule has 0 bridgehead atoms. The fraction of sp³-hybridized carbons (Fsp3) is 0.0250. The Labute approximate surface area is 257 Å². The van der Waals surface area contributed by atoms with Gasteiger partial charge in [-0.05, 0) is 5.56 Å². The molecule has 6 aromatic rings. The first-order chi connectivity index (χ1) is 21.5. The third-order valence-corrected chi connectivity index (χ3v) is 6.57. The van der Waals surface area contributed by atoms with Gasteiger partial charge in [-0.1, -0.05) is 182 Å². The number of aliphatic hydroxyl groups is 1. The highest BCUT2D eigenvalue weighted by Gasteiger charge is 2.18. The van der Waals surface area contributed by atoms with Gasteiger partial charge in [0.05, 0.1) is 0 Å². The van der Waals surface area contributed by atoms with Crippen molar-refractivity contribution in [2.45, 2.75) is 6.10 Å². The molecule has 0 amide bonds. The summed E-state index contributed by atoms with van der Waals surface area (Å²) in [7, 11) is 0. The zero-order valence-corrected chi connectivity index (χ0v) is 24.1. The minimum atomic E-state index is -1.08. The summed E-state index contributed by atoms with van der Waals surface area (Å²) >= 11 is 0. The molecule has 6 aromatic carbocycles. The number of benzene rings is 6. The molecule has 0 saturated carbocycles. The third-order valence-electron chi connectivity index (χ3n) is 6.57. The van der Waals surface area contributed by atoms with Crippen LogP contribution in [-0.2, 0) is 0 Å². The quantitative estimate of drug-likeness (QED) is 0.194. The number of Topliss-reactive ketones (excluding diaryl/α,β-unsaturated/α-hetero) is 1. The number of carbonyl (C=O) groups excluding carboxylic acids is 3. The summed E-state index contributed by atoms with van der Waals surface area (Å²) in [6.07, 6.45) is -1.08. The molecule has 0 aliphatic heterocycles. The molecule has 0 aromatic heterocycles. The molecule has 1 N–H and O–H groups in total. The Bertz CT molecular complexity index is 1550. The summed E-state index contributed by atoms with van der Waals surface area (Å²) in [5.41, 5.74) is 4.09. The smallest absolute Gasteiger partial charge is 0.195 e. The normalized spacial score (nSPS) is 10.6. The first-order valence-corrected chi connectivity index (χ1v) is 14.2. The molecule has 0 fully saturated rings. The molecule has 0 aliphatic carbocycles. The number of hydrogen-bond donors (Lipinski definition) is 1. The zero-order valence-electron chi connectivity index (χ0n) is 24.1. The topological polar surface area (TPSA) is 71.4 Å². The lowest BCUT2D eigenvalue weighted by molar-refractivity contribution is 0.0747. The van der Waals surface area contributed by atoms with Gasteiger partial charge >= 0.3 is 0 Å². The number of rotatable bonds is 7. The molecule has 44 heavy (non-hydrogen) atoms. The van der Waals surface area contributed by atoms with E-state index in [-0.39, 0.29) is 17.3 Å². The van der Waals surface area contributed by atoms with Crippen molar-refractivity contribution < 1.29 is 19.5 Å². The molecule has 0 saturated heterocycles. The summed E-state index contributed by atoms with van der Waals surface area (Å²) in [6, 6.07) is 55.0. The molecule has 4 heteroatoms. The van der Waals surface area contributed by atoms with Crippen molar-refractivity contribution in [2.24, 2.45) is 0 Å². The fourth-order valence-electron chi connectivity index (χ4n) is 4.24. The monoisotopic (exact) mass is 576 g/mol. The summed E-state index contributed by atoms with van der Waals surface area (Å²) in [6.45, 7) is 0. The molecule has 1 unspecified atom stereocenters. The van der Waals surface area contributed by atoms with E-state index in [1.165, 1.54) is 0 Å². The van der Waals surface area contributed by atoms with Crippen LogP contribution >= 0.6 is 0 Å². The molecule has 216 valence electrons. The lowest BCUT2D eigenvalue weighted by Gasteiger charge is -2.09. The van der Waals surface area contributed by atoms with Gasteiger partial charge in [0.2, 0.25) is 0 Å². The van der Waals surface area contributed by atoms with E-state index in [4.69, 9.17) is 0 Å². The van der Waals surface area contributed by atoms with Crippen molar-refractivity contribution in [3.63, 3.8) is 0 Å². The van der Waals surface area contributed by atoms with Crippen molar-refractivity contribution in [1.29, 1.82) is 0 Å². The molecule has 0 heterocycles. The average Bonchev–Trinajstić information content (AvgIpc) is 3.13. The molecular formula is C40H32O4. The molecule has 0 spiro atoms. The lowest BCUT2D eigenvalue weighted by Crippen LogP contribution is -2.11. The van der Waals surface area contributed by atoms with Crippen molar-refractivity contribution in [1.82, 2.24) is 0 Å². The van der Waals surface area contributed by atoms with Gasteiger partial charge in [-0.15, -0.1) is 0 Å². The van der Waals surface area contributed by atoms with Gasteiger partial charge in [0.15, 0.2) is 17.3 Å². The molecule has 4 nitrogen and oxygen atoms in total. The van der Waals surface area contributed by atoms with E-state index in [0.717, 1.165) is 22.3 Å². The van der Waals surface area contributed by atoms with Crippen LogP contribution in [0.15, 0.2) is 182 Å². The van der Waals surface area contributed by atoms with Gasteiger partial charge < -0.3 is 5.11 Å². The van der Waals surface area contributed by atoms with Crippen LogP contribution in [0.1, 0.15) is 53.9 Å². The van der Waals surface area contributed by atoms with Crippen LogP contribution in [0, 0.1) is 0 Å². The molecule has 1 atom stereocenters. The van der Waals surface area contributed by atoms with Gasteiger partial charge in [0.1, 0.15) is 6.10 Å². The zero-order chi connectivity index (χ0) is 31.0. The maximum atomic E-state index is 11.9. The first kappa shape index (κ1) is 31.2. The minimum absolute atomic E-state index is 0.0752. The van der Waals surface area contributed by atoms with E-state index in [1.807, 2.05) is 133 Å². The SMILES string of the molecule is O=C(c1ccccc1)C(O)c1ccccc1.O=C(c1ccccc1)c1ccccc1.O=C(c1ccccc1)c1ccccc1. The maximum absolute atomic E-state index is 11.9. The van der Waals surface area contributed by atoms with Crippen LogP contribution in [0.2, 0.25) is 0 Å². The van der Waals surface area contributed by atoms with E-state index < -0.39 is 6.10 Å². The van der Waals surface area contributed by atoms with Gasteiger partial charge in [-0.25, -0.2) is 0 Å². The predicted molar refractivity (Wildman–Crippen MR) is 175 cm³/mol. The van der Waals surface area contributed by atoms with E-state index in [9.17, 15) is 19.5 Å². The largest absolute Gasteiger partial charge is 0.380 e. The Hall–Kier alpha value is -5.71. The predicted octanol–water partition coefficient (Wildman–Crippen LogP) is 8.44. The van der Waals surface area contributed by atoms with E-state index in [0.29, 0.717) is 11.1 Å². The number of ketones is 3.